The third-order valence-corrected chi connectivity index (χ3v) is 4.84. The van der Waals surface area contributed by atoms with Crippen LogP contribution in [-0.2, 0) is 0 Å². The van der Waals surface area contributed by atoms with E-state index in [-0.39, 0.29) is 6.04 Å². The molecule has 0 radical (unpaired) electrons. The van der Waals surface area contributed by atoms with Crippen LogP contribution in [-0.4, -0.2) is 20.8 Å². The Hall–Kier alpha value is -0.790. The maximum atomic E-state index is 5.36. The Kier molecular flexibility index (Phi) is 5.68. The molecule has 20 heavy (non-hydrogen) atoms. The zero-order chi connectivity index (χ0) is 14.5. The zero-order valence-corrected chi connectivity index (χ0v) is 14.7. The molecule has 0 spiro atoms. The summed E-state index contributed by atoms with van der Waals surface area (Å²) in [6.45, 7) is 3.01. The fourth-order valence-electron chi connectivity index (χ4n) is 2.10. The van der Waals surface area contributed by atoms with E-state index >= 15 is 0 Å². The normalized spacial score (nSPS) is 12.2. The van der Waals surface area contributed by atoms with Crippen LogP contribution in [0.25, 0.3) is 0 Å². The summed E-state index contributed by atoms with van der Waals surface area (Å²) in [7, 11) is 3.35. The maximum Gasteiger partial charge on any atom is 0.122 e. The van der Waals surface area contributed by atoms with Gasteiger partial charge >= 0.3 is 0 Å². The van der Waals surface area contributed by atoms with E-state index in [0.29, 0.717) is 0 Å². The van der Waals surface area contributed by atoms with Crippen LogP contribution in [0.15, 0.2) is 29.6 Å². The molecule has 1 N–H and O–H groups in total. The van der Waals surface area contributed by atoms with E-state index < -0.39 is 0 Å². The zero-order valence-electron chi connectivity index (χ0n) is 11.8. The Labute approximate surface area is 137 Å². The molecule has 0 fully saturated rings. The summed E-state index contributed by atoms with van der Waals surface area (Å²) in [5, 5.41) is 5.72. The summed E-state index contributed by atoms with van der Waals surface area (Å²) >= 11 is 4.11. The standard InChI is InChI=1S/C15H18INO2S/c1-4-17-15(11-7-14(16)20-9-11)10-5-12(18-2)8-13(6-10)19-3/h5-9,15,17H,4H2,1-3H3. The number of ether oxygens (including phenoxy) is 2. The van der Waals surface area contributed by atoms with Gasteiger partial charge in [-0.3, -0.25) is 0 Å². The van der Waals surface area contributed by atoms with Crippen LogP contribution in [0.5, 0.6) is 11.5 Å². The third kappa shape index (κ3) is 3.65. The Morgan fingerprint density at radius 2 is 1.75 bits per heavy atom. The molecule has 1 aromatic carbocycles. The minimum Gasteiger partial charge on any atom is -0.497 e. The lowest BCUT2D eigenvalue weighted by Crippen LogP contribution is -2.21. The van der Waals surface area contributed by atoms with E-state index in [1.54, 1.807) is 25.6 Å². The first-order valence-corrected chi connectivity index (χ1v) is 8.34. The predicted octanol–water partition coefficient (Wildman–Crippen LogP) is 4.07. The first-order valence-electron chi connectivity index (χ1n) is 6.38. The lowest BCUT2D eigenvalue weighted by molar-refractivity contribution is 0.392. The molecule has 1 unspecified atom stereocenters. The second kappa shape index (κ2) is 7.28. The quantitative estimate of drug-likeness (QED) is 0.738. The van der Waals surface area contributed by atoms with Gasteiger partial charge in [0.15, 0.2) is 0 Å². The lowest BCUT2D eigenvalue weighted by Gasteiger charge is -2.19. The van der Waals surface area contributed by atoms with Crippen LogP contribution in [0.2, 0.25) is 0 Å². The van der Waals surface area contributed by atoms with Gasteiger partial charge in [-0.1, -0.05) is 6.92 Å². The summed E-state index contributed by atoms with van der Waals surface area (Å²) < 4.78 is 12.0. The molecular weight excluding hydrogens is 385 g/mol. The fraction of sp³-hybridized carbons (Fsp3) is 0.333. The van der Waals surface area contributed by atoms with E-state index in [1.807, 2.05) is 6.07 Å². The number of halogens is 1. The summed E-state index contributed by atoms with van der Waals surface area (Å²) in [5.74, 6) is 1.62. The van der Waals surface area contributed by atoms with Crippen molar-refractivity contribution >= 4 is 33.9 Å². The highest BCUT2D eigenvalue weighted by molar-refractivity contribution is 14.1. The summed E-state index contributed by atoms with van der Waals surface area (Å²) in [6, 6.07) is 8.37. The van der Waals surface area contributed by atoms with Crippen molar-refractivity contribution in [2.75, 3.05) is 20.8 Å². The van der Waals surface area contributed by atoms with E-state index in [1.165, 1.54) is 8.45 Å². The fourth-order valence-corrected chi connectivity index (χ4v) is 3.50. The smallest absolute Gasteiger partial charge is 0.122 e. The Morgan fingerprint density at radius 1 is 1.10 bits per heavy atom. The maximum absolute atomic E-state index is 5.36. The van der Waals surface area contributed by atoms with Gasteiger partial charge < -0.3 is 14.8 Å². The van der Waals surface area contributed by atoms with Gasteiger partial charge in [0.25, 0.3) is 0 Å². The van der Waals surface area contributed by atoms with Crippen LogP contribution in [0.4, 0.5) is 0 Å². The molecule has 2 aromatic rings. The summed E-state index contributed by atoms with van der Waals surface area (Å²) in [4.78, 5) is 0. The van der Waals surface area contributed by atoms with Gasteiger partial charge in [0.2, 0.25) is 0 Å². The molecule has 0 aliphatic carbocycles. The summed E-state index contributed by atoms with van der Waals surface area (Å²) in [5.41, 5.74) is 2.42. The minimum absolute atomic E-state index is 0.156. The summed E-state index contributed by atoms with van der Waals surface area (Å²) in [6.07, 6.45) is 0. The molecule has 1 atom stereocenters. The van der Waals surface area contributed by atoms with E-state index in [0.717, 1.165) is 23.6 Å². The average molecular weight is 403 g/mol. The van der Waals surface area contributed by atoms with Gasteiger partial charge in [-0.25, -0.2) is 0 Å². The van der Waals surface area contributed by atoms with E-state index in [9.17, 15) is 0 Å². The molecule has 1 aromatic heterocycles. The molecule has 0 saturated carbocycles. The molecular formula is C15H18INO2S. The van der Waals surface area contributed by atoms with Gasteiger partial charge in [0.05, 0.1) is 23.1 Å². The predicted molar refractivity (Wildman–Crippen MR) is 92.1 cm³/mol. The van der Waals surface area contributed by atoms with Crippen LogP contribution >= 0.6 is 33.9 Å². The second-order valence-electron chi connectivity index (χ2n) is 4.32. The highest BCUT2D eigenvalue weighted by Gasteiger charge is 2.16. The van der Waals surface area contributed by atoms with Crippen LogP contribution in [0.1, 0.15) is 24.1 Å². The van der Waals surface area contributed by atoms with Gasteiger partial charge in [-0.05, 0) is 63.8 Å². The van der Waals surface area contributed by atoms with Crippen molar-refractivity contribution in [1.29, 1.82) is 0 Å². The van der Waals surface area contributed by atoms with Crippen molar-refractivity contribution in [1.82, 2.24) is 5.32 Å². The molecule has 2 rings (SSSR count). The van der Waals surface area contributed by atoms with Crippen molar-refractivity contribution in [3.05, 3.63) is 43.7 Å². The molecule has 0 aliphatic heterocycles. The number of hydrogen-bond donors (Lipinski definition) is 1. The molecule has 5 heteroatoms. The van der Waals surface area contributed by atoms with Crippen molar-refractivity contribution in [2.45, 2.75) is 13.0 Å². The van der Waals surface area contributed by atoms with Crippen LogP contribution in [0.3, 0.4) is 0 Å². The molecule has 0 bridgehead atoms. The Morgan fingerprint density at radius 3 is 2.20 bits per heavy atom. The Balaban J connectivity index is 2.42. The number of thiophene rings is 1. The van der Waals surface area contributed by atoms with Crippen molar-refractivity contribution in [3.63, 3.8) is 0 Å². The van der Waals surface area contributed by atoms with Gasteiger partial charge in [-0.15, -0.1) is 11.3 Å². The third-order valence-electron chi connectivity index (χ3n) is 3.04. The van der Waals surface area contributed by atoms with Crippen molar-refractivity contribution < 1.29 is 9.47 Å². The topological polar surface area (TPSA) is 30.5 Å². The van der Waals surface area contributed by atoms with Crippen molar-refractivity contribution in [2.24, 2.45) is 0 Å². The van der Waals surface area contributed by atoms with Crippen LogP contribution < -0.4 is 14.8 Å². The molecule has 108 valence electrons. The highest BCUT2D eigenvalue weighted by Crippen LogP contribution is 2.32. The Bertz CT molecular complexity index is 549. The van der Waals surface area contributed by atoms with Gasteiger partial charge in [0.1, 0.15) is 11.5 Å². The van der Waals surface area contributed by atoms with Gasteiger partial charge in [-0.2, -0.15) is 0 Å². The van der Waals surface area contributed by atoms with Crippen LogP contribution in [0, 0.1) is 2.88 Å². The average Bonchev–Trinajstić information content (AvgIpc) is 2.90. The highest BCUT2D eigenvalue weighted by atomic mass is 127. The first-order chi connectivity index (χ1) is 9.67. The van der Waals surface area contributed by atoms with E-state index in [2.05, 4.69) is 58.4 Å². The lowest BCUT2D eigenvalue weighted by atomic mass is 10.0. The molecule has 3 nitrogen and oxygen atoms in total. The number of methoxy groups -OCH3 is 2. The van der Waals surface area contributed by atoms with Gasteiger partial charge in [0, 0.05) is 6.07 Å². The molecule has 0 amide bonds. The largest absolute Gasteiger partial charge is 0.497 e. The first kappa shape index (κ1) is 15.6. The number of nitrogens with one attached hydrogen (secondary N) is 1. The monoisotopic (exact) mass is 403 g/mol. The number of hydrogen-bond acceptors (Lipinski definition) is 4. The molecule has 0 saturated heterocycles. The van der Waals surface area contributed by atoms with Crippen molar-refractivity contribution in [3.8, 4) is 11.5 Å². The number of benzene rings is 1. The number of rotatable bonds is 6. The van der Waals surface area contributed by atoms with E-state index in [4.69, 9.17) is 9.47 Å². The SMILES string of the molecule is CCNC(c1cc(OC)cc(OC)c1)c1csc(I)c1. The molecule has 1 heterocycles. The molecule has 0 aliphatic rings. The second-order valence-corrected chi connectivity index (χ2v) is 7.13. The minimum atomic E-state index is 0.156.